The Morgan fingerprint density at radius 2 is 1.20 bits per heavy atom. The minimum Gasteiger partial charge on any atom is -0.458 e. The van der Waals surface area contributed by atoms with Crippen molar-refractivity contribution in [3.63, 3.8) is 0 Å². The van der Waals surface area contributed by atoms with Crippen molar-refractivity contribution in [3.05, 3.63) is 145 Å². The fraction of sp³-hybridized carbons (Fsp3) is 0.0244. The second kappa shape index (κ2) is 9.53. The molecular formula is C41H26BNO3. The van der Waals surface area contributed by atoms with Crippen LogP contribution < -0.4 is 30.8 Å². The molecule has 0 amide bonds. The summed E-state index contributed by atoms with van der Waals surface area (Å²) in [5.74, 6) is 3.43. The van der Waals surface area contributed by atoms with Crippen molar-refractivity contribution in [1.29, 1.82) is 0 Å². The monoisotopic (exact) mass is 591 g/mol. The first kappa shape index (κ1) is 25.4. The van der Waals surface area contributed by atoms with Crippen molar-refractivity contribution in [3.8, 4) is 23.0 Å². The van der Waals surface area contributed by atoms with Crippen LogP contribution in [0.15, 0.2) is 144 Å². The van der Waals surface area contributed by atoms with Gasteiger partial charge >= 0.3 is 0 Å². The topological polar surface area (TPSA) is 34.8 Å². The van der Waals surface area contributed by atoms with Gasteiger partial charge in [0.05, 0.1) is 0 Å². The van der Waals surface area contributed by atoms with Crippen LogP contribution in [0.25, 0.3) is 32.7 Å². The lowest BCUT2D eigenvalue weighted by molar-refractivity contribution is 0.464. The third kappa shape index (κ3) is 3.69. The Morgan fingerprint density at radius 3 is 1.96 bits per heavy atom. The molecule has 0 saturated carbocycles. The fourth-order valence-corrected chi connectivity index (χ4v) is 7.33. The molecule has 10 rings (SSSR count). The van der Waals surface area contributed by atoms with E-state index >= 15 is 0 Å². The Kier molecular flexibility index (Phi) is 5.26. The molecule has 7 aromatic carbocycles. The van der Waals surface area contributed by atoms with Gasteiger partial charge in [-0.2, -0.15) is 0 Å². The van der Waals surface area contributed by atoms with Gasteiger partial charge in [0, 0.05) is 38.7 Å². The van der Waals surface area contributed by atoms with Gasteiger partial charge in [-0.15, -0.1) is 0 Å². The molecule has 46 heavy (non-hydrogen) atoms. The average Bonchev–Trinajstić information content (AvgIpc) is 3.46. The number of rotatable bonds is 3. The van der Waals surface area contributed by atoms with Gasteiger partial charge in [0.15, 0.2) is 0 Å². The molecule has 8 aromatic rings. The van der Waals surface area contributed by atoms with E-state index in [9.17, 15) is 0 Å². The molecule has 216 valence electrons. The number of hydrogen-bond donors (Lipinski definition) is 0. The maximum atomic E-state index is 6.74. The highest BCUT2D eigenvalue weighted by molar-refractivity contribution is 6.98. The number of nitrogens with zero attached hydrogens (tertiary/aromatic N) is 1. The zero-order valence-electron chi connectivity index (χ0n) is 25.0. The Bertz CT molecular complexity index is 2470. The van der Waals surface area contributed by atoms with E-state index in [1.807, 2.05) is 30.3 Å². The van der Waals surface area contributed by atoms with Gasteiger partial charge in [0.2, 0.25) is 0 Å². The lowest BCUT2D eigenvalue weighted by atomic mass is 9.34. The first-order chi connectivity index (χ1) is 22.7. The van der Waals surface area contributed by atoms with Crippen LogP contribution in [0.1, 0.15) is 5.56 Å². The Balaban J connectivity index is 1.15. The van der Waals surface area contributed by atoms with Gasteiger partial charge in [-0.1, -0.05) is 66.2 Å². The van der Waals surface area contributed by atoms with Gasteiger partial charge in [-0.3, -0.25) is 0 Å². The highest BCUT2D eigenvalue weighted by atomic mass is 16.5. The van der Waals surface area contributed by atoms with Gasteiger partial charge in [0.25, 0.3) is 6.71 Å². The number of para-hydroxylation sites is 2. The van der Waals surface area contributed by atoms with Crippen LogP contribution in [0.2, 0.25) is 0 Å². The molecule has 2 aliphatic heterocycles. The molecule has 5 heteroatoms. The summed E-state index contributed by atoms with van der Waals surface area (Å²) >= 11 is 0. The molecule has 2 aliphatic rings. The fourth-order valence-electron chi connectivity index (χ4n) is 7.33. The highest BCUT2D eigenvalue weighted by Gasteiger charge is 2.40. The molecule has 0 bridgehead atoms. The largest absolute Gasteiger partial charge is 0.458 e. The number of fused-ring (bicyclic) bond motifs is 9. The Labute approximate surface area is 266 Å². The summed E-state index contributed by atoms with van der Waals surface area (Å²) in [6, 6.07) is 48.8. The molecule has 0 N–H and O–H groups in total. The van der Waals surface area contributed by atoms with E-state index in [2.05, 4.69) is 121 Å². The smallest absolute Gasteiger partial charge is 0.260 e. The van der Waals surface area contributed by atoms with Crippen LogP contribution in [-0.2, 0) is 0 Å². The first-order valence-corrected chi connectivity index (χ1v) is 15.6. The summed E-state index contributed by atoms with van der Waals surface area (Å²) in [6.45, 7) is 2.12. The Hall–Kier alpha value is -5.94. The third-order valence-corrected chi connectivity index (χ3v) is 9.40. The van der Waals surface area contributed by atoms with E-state index in [0.29, 0.717) is 0 Å². The summed E-state index contributed by atoms with van der Waals surface area (Å²) < 4.78 is 19.7. The lowest BCUT2D eigenvalue weighted by Crippen LogP contribution is -2.57. The number of hydrogen-bond acceptors (Lipinski definition) is 4. The molecule has 1 aromatic heterocycles. The second-order valence-corrected chi connectivity index (χ2v) is 12.2. The van der Waals surface area contributed by atoms with E-state index in [1.54, 1.807) is 0 Å². The summed E-state index contributed by atoms with van der Waals surface area (Å²) in [5, 5.41) is 4.32. The maximum absolute atomic E-state index is 6.74. The normalized spacial score (nSPS) is 12.8. The third-order valence-electron chi connectivity index (χ3n) is 9.40. The Morgan fingerprint density at radius 1 is 0.500 bits per heavy atom. The molecule has 0 fully saturated rings. The maximum Gasteiger partial charge on any atom is 0.260 e. The molecule has 0 saturated heterocycles. The second-order valence-electron chi connectivity index (χ2n) is 12.2. The van der Waals surface area contributed by atoms with Crippen molar-refractivity contribution in [1.82, 2.24) is 0 Å². The van der Waals surface area contributed by atoms with E-state index in [0.717, 1.165) is 89.2 Å². The minimum atomic E-state index is -0.00234. The van der Waals surface area contributed by atoms with Crippen molar-refractivity contribution in [2.45, 2.75) is 6.92 Å². The summed E-state index contributed by atoms with van der Waals surface area (Å²) in [4.78, 5) is 2.28. The van der Waals surface area contributed by atoms with Gasteiger partial charge in [-0.05, 0) is 102 Å². The van der Waals surface area contributed by atoms with E-state index in [1.165, 1.54) is 5.56 Å². The van der Waals surface area contributed by atoms with Crippen LogP contribution in [0.3, 0.4) is 0 Å². The highest BCUT2D eigenvalue weighted by Crippen LogP contribution is 2.41. The zero-order valence-corrected chi connectivity index (χ0v) is 25.0. The molecule has 4 nitrogen and oxygen atoms in total. The molecule has 0 radical (unpaired) electrons. The summed E-state index contributed by atoms with van der Waals surface area (Å²) in [7, 11) is 0. The number of aryl methyl sites for hydroxylation is 1. The van der Waals surface area contributed by atoms with E-state index in [-0.39, 0.29) is 6.71 Å². The molecule has 0 aliphatic carbocycles. The summed E-state index contributed by atoms with van der Waals surface area (Å²) in [5.41, 5.74) is 9.56. The molecular weight excluding hydrogens is 565 g/mol. The predicted octanol–water partition coefficient (Wildman–Crippen LogP) is 9.25. The van der Waals surface area contributed by atoms with Crippen LogP contribution in [0.4, 0.5) is 17.1 Å². The SMILES string of the molecule is Cc1ccc2c(c1)B1c3cc4oc5c6ccc(N(c7ccccc7)c7ccccc7)cc6ccc5c4cc3Oc3cccc(c31)O2. The average molecular weight is 591 g/mol. The standard InChI is InChI=1S/C41H26BNO3/c1-25-15-20-35-33(21-25)42-34-24-38-32(23-39(34)45-37-14-8-13-36(44-35)40(37)42)31-18-16-26-22-29(17-19-30(26)41(31)46-38)43(27-9-4-2-5-10-27)28-11-6-3-7-12-28/h2-24H,1H3. The van der Waals surface area contributed by atoms with Gasteiger partial charge < -0.3 is 18.8 Å². The zero-order chi connectivity index (χ0) is 30.4. The number of benzene rings is 7. The number of ether oxygens (including phenoxy) is 2. The molecule has 0 spiro atoms. The van der Waals surface area contributed by atoms with Crippen LogP contribution in [0.5, 0.6) is 23.0 Å². The minimum absolute atomic E-state index is 0.00234. The lowest BCUT2D eigenvalue weighted by Gasteiger charge is -2.32. The van der Waals surface area contributed by atoms with Crippen LogP contribution in [0, 0.1) is 6.92 Å². The van der Waals surface area contributed by atoms with Crippen molar-refractivity contribution in [2.24, 2.45) is 0 Å². The molecule has 0 unspecified atom stereocenters. The first-order valence-electron chi connectivity index (χ1n) is 15.6. The molecule has 3 heterocycles. The van der Waals surface area contributed by atoms with Crippen LogP contribution >= 0.6 is 0 Å². The molecule has 0 atom stereocenters. The number of furan rings is 1. The van der Waals surface area contributed by atoms with Crippen molar-refractivity contribution in [2.75, 3.05) is 4.90 Å². The van der Waals surface area contributed by atoms with Crippen LogP contribution in [-0.4, -0.2) is 6.71 Å². The predicted molar refractivity (Wildman–Crippen MR) is 188 cm³/mol. The van der Waals surface area contributed by atoms with E-state index < -0.39 is 0 Å². The van der Waals surface area contributed by atoms with E-state index in [4.69, 9.17) is 13.9 Å². The summed E-state index contributed by atoms with van der Waals surface area (Å²) in [6.07, 6.45) is 0. The number of anilines is 3. The van der Waals surface area contributed by atoms with Crippen molar-refractivity contribution < 1.29 is 13.9 Å². The van der Waals surface area contributed by atoms with Gasteiger partial charge in [-0.25, -0.2) is 0 Å². The van der Waals surface area contributed by atoms with Crippen molar-refractivity contribution >= 4 is 72.9 Å². The van der Waals surface area contributed by atoms with Gasteiger partial charge in [0.1, 0.15) is 34.2 Å². The quantitative estimate of drug-likeness (QED) is 0.192.